The maximum absolute atomic E-state index is 15.4. The van der Waals surface area contributed by atoms with Crippen molar-refractivity contribution in [3.05, 3.63) is 199 Å². The zero-order chi connectivity index (χ0) is 77.2. The lowest BCUT2D eigenvalue weighted by molar-refractivity contribution is -0.120. The fraction of sp³-hybridized carbons (Fsp3) is 0.388. The van der Waals surface area contributed by atoms with E-state index in [2.05, 4.69) is 75.9 Å². The highest BCUT2D eigenvalue weighted by atomic mass is 19.1. The molecule has 112 heavy (non-hydrogen) atoms. The summed E-state index contributed by atoms with van der Waals surface area (Å²) in [5.74, 6) is 5.72. The molecule has 24 nitrogen and oxygen atoms in total. The zero-order valence-corrected chi connectivity index (χ0v) is 63.8. The summed E-state index contributed by atoms with van der Waals surface area (Å²) in [5, 5.41) is 13.3. The highest BCUT2D eigenvalue weighted by Crippen LogP contribution is 2.43. The predicted octanol–water partition coefficient (Wildman–Crippen LogP) is 14.8. The third-order valence-corrected chi connectivity index (χ3v) is 22.7. The molecule has 3 aliphatic carbocycles. The highest BCUT2D eigenvalue weighted by Gasteiger charge is 2.35. The molecule has 582 valence electrons. The number of likely N-dealkylation sites (N-methyl/N-ethyl adjacent to an activating group) is 2. The van der Waals surface area contributed by atoms with Crippen LogP contribution in [0, 0.1) is 17.5 Å². The molecular weight excluding hydrogens is 1420 g/mol. The van der Waals surface area contributed by atoms with Crippen molar-refractivity contribution >= 4 is 39.8 Å². The van der Waals surface area contributed by atoms with Gasteiger partial charge in [0.15, 0.2) is 17.5 Å². The van der Waals surface area contributed by atoms with E-state index < -0.39 is 17.5 Å². The Morgan fingerprint density at radius 1 is 0.357 bits per heavy atom. The van der Waals surface area contributed by atoms with Crippen molar-refractivity contribution in [2.45, 2.75) is 126 Å². The van der Waals surface area contributed by atoms with E-state index in [9.17, 15) is 4.79 Å². The van der Waals surface area contributed by atoms with Crippen LogP contribution >= 0.6 is 0 Å². The van der Waals surface area contributed by atoms with Crippen molar-refractivity contribution in [3.8, 4) is 68.3 Å². The summed E-state index contributed by atoms with van der Waals surface area (Å²) in [4.78, 5) is 51.2. The second kappa shape index (κ2) is 35.2. The fourth-order valence-corrected chi connectivity index (χ4v) is 16.4. The van der Waals surface area contributed by atoms with Gasteiger partial charge in [0.25, 0.3) is 0 Å². The number of nitrogens with zero attached hydrogens (tertiary/aromatic N) is 17. The number of para-hydroxylation sites is 3. The number of ketones is 1. The number of hydrogen-bond acceptors (Lipinski definition) is 21. The SMILES string of the molecule is CN1CCCCC1.CN1CCN(C2CCC(c3nc(-c4ccc(Oc5ccccc5)cc4F)c4c(N)ncnn34)CC2)CC1.CN1CCN(C2CCC(c3nc(-c4ccc(Oc5ccccc5)cc4F)c4c(N)ncnn34)CC2)CC1.Nc1ncnn2c(C3CCC(=O)CC3)nc(-c3ccc(Oc4ccccc4)cc3F)c12. The number of halogens is 3. The van der Waals surface area contributed by atoms with Crippen LogP contribution in [0.15, 0.2) is 165 Å². The molecule has 6 fully saturated rings. The largest absolute Gasteiger partial charge is 0.457 e. The van der Waals surface area contributed by atoms with Crippen molar-refractivity contribution in [3.63, 3.8) is 0 Å². The zero-order valence-electron chi connectivity index (χ0n) is 63.8. The molecule has 3 aliphatic heterocycles. The number of imidazole rings is 3. The van der Waals surface area contributed by atoms with Crippen LogP contribution in [-0.4, -0.2) is 188 Å². The minimum absolute atomic E-state index is 0.0528. The topological polar surface area (TPSA) is 268 Å². The molecule has 12 aromatic rings. The maximum Gasteiger partial charge on any atom is 0.153 e. The van der Waals surface area contributed by atoms with Crippen molar-refractivity contribution in [1.82, 2.24) is 83.2 Å². The van der Waals surface area contributed by atoms with E-state index in [1.165, 1.54) is 69.5 Å². The number of aromatic nitrogens is 12. The predicted molar refractivity (Wildman–Crippen MR) is 427 cm³/mol. The molecule has 0 spiro atoms. The average molecular weight is 1520 g/mol. The van der Waals surface area contributed by atoms with E-state index in [0.717, 1.165) is 115 Å². The molecule has 6 aromatic carbocycles. The summed E-state index contributed by atoms with van der Waals surface area (Å²) in [6, 6.07) is 43.3. The summed E-state index contributed by atoms with van der Waals surface area (Å²) in [6.07, 6.45) is 19.5. The minimum Gasteiger partial charge on any atom is -0.457 e. The van der Waals surface area contributed by atoms with Crippen LogP contribution < -0.4 is 31.4 Å². The first-order chi connectivity index (χ1) is 54.6. The summed E-state index contributed by atoms with van der Waals surface area (Å²) >= 11 is 0. The van der Waals surface area contributed by atoms with Gasteiger partial charge in [-0.1, -0.05) is 61.0 Å². The molecule has 6 aromatic heterocycles. The van der Waals surface area contributed by atoms with Crippen LogP contribution in [0.5, 0.6) is 34.5 Å². The summed E-state index contributed by atoms with van der Waals surface area (Å²) in [5.41, 5.74) is 22.6. The first kappa shape index (κ1) is 76.4. The Hall–Kier alpha value is -11.0. The Bertz CT molecular complexity index is 4950. The summed E-state index contributed by atoms with van der Waals surface area (Å²) in [6.45, 7) is 11.7. The second-order valence-corrected chi connectivity index (χ2v) is 30.2. The molecule has 6 aliphatic rings. The Morgan fingerprint density at radius 3 is 0.955 bits per heavy atom. The first-order valence-electron chi connectivity index (χ1n) is 39.2. The lowest BCUT2D eigenvalue weighted by Crippen LogP contribution is -2.49. The number of nitrogen functional groups attached to an aromatic ring is 3. The molecule has 0 atom stereocenters. The Balaban J connectivity index is 0.000000127. The van der Waals surface area contributed by atoms with E-state index in [0.29, 0.717) is 134 Å². The smallest absolute Gasteiger partial charge is 0.153 e. The number of fused-ring (bicyclic) bond motifs is 3. The van der Waals surface area contributed by atoms with Crippen molar-refractivity contribution in [2.75, 3.05) is 104 Å². The number of ether oxygens (including phenoxy) is 3. The van der Waals surface area contributed by atoms with Gasteiger partial charge in [0.1, 0.15) is 128 Å². The summed E-state index contributed by atoms with van der Waals surface area (Å²) in [7, 11) is 6.57. The number of benzene rings is 6. The maximum atomic E-state index is 15.4. The molecule has 27 heteroatoms. The molecule has 0 amide bonds. The van der Waals surface area contributed by atoms with Gasteiger partial charge in [-0.3, -0.25) is 14.6 Å². The highest BCUT2D eigenvalue weighted by molar-refractivity contribution is 5.88. The van der Waals surface area contributed by atoms with Crippen molar-refractivity contribution in [1.29, 1.82) is 0 Å². The molecule has 0 radical (unpaired) electrons. The van der Waals surface area contributed by atoms with Crippen LogP contribution in [0.25, 0.3) is 50.3 Å². The molecular formula is C85H97F3N20O4. The number of piperazine rings is 2. The van der Waals surface area contributed by atoms with Gasteiger partial charge in [0.05, 0.1) is 0 Å². The monoisotopic (exact) mass is 1520 g/mol. The first-order valence-corrected chi connectivity index (χ1v) is 39.2. The number of carbonyl (C=O) groups excluding carboxylic acids is 1. The van der Waals surface area contributed by atoms with Crippen LogP contribution in [0.2, 0.25) is 0 Å². The van der Waals surface area contributed by atoms with Crippen LogP contribution in [-0.2, 0) is 4.79 Å². The van der Waals surface area contributed by atoms with Gasteiger partial charge in [-0.25, -0.2) is 56.6 Å². The van der Waals surface area contributed by atoms with E-state index in [1.54, 1.807) is 62.1 Å². The van der Waals surface area contributed by atoms with Gasteiger partial charge < -0.3 is 46.1 Å². The average Bonchev–Trinajstić information content (AvgIpc) is 1.62. The molecule has 0 bridgehead atoms. The van der Waals surface area contributed by atoms with E-state index in [-0.39, 0.29) is 34.9 Å². The third-order valence-electron chi connectivity index (χ3n) is 22.7. The van der Waals surface area contributed by atoms with Gasteiger partial charge in [-0.2, -0.15) is 15.3 Å². The standard InChI is InChI=1S/2C28H32FN7O.C23H20FN5O2.C6H13N/c2*1-34-13-15-35(16-14-34)20-9-7-19(8-10-20)28-33-25(26-27(30)31-18-32-36(26)28)23-12-11-22(17-24(23)29)37-21-5-3-2-4-6-21;24-19-12-17(31-16-4-2-1-3-5-16)10-11-18(19)20-21-22(25)26-13-27-29(21)23(28-20)14-6-8-15(30)9-7-14;1-7-5-3-2-4-6-7/h2*2-6,11-12,17-20H,7-10,13-16H2,1H3,(H2,30,31,32);1-5,10-14H,6-9H2,(H2,25,26,27);2-6H2,1H3. The van der Waals surface area contributed by atoms with Crippen LogP contribution in [0.1, 0.15) is 132 Å². The van der Waals surface area contributed by atoms with E-state index >= 15 is 13.2 Å². The Labute approximate surface area is 649 Å². The van der Waals surface area contributed by atoms with Gasteiger partial charge in [0, 0.05) is 130 Å². The van der Waals surface area contributed by atoms with Gasteiger partial charge in [0.2, 0.25) is 0 Å². The Kier molecular flexibility index (Phi) is 24.0. The molecule has 0 unspecified atom stereocenters. The van der Waals surface area contributed by atoms with E-state index in [4.69, 9.17) is 46.4 Å². The number of carbonyl (C=O) groups is 1. The van der Waals surface area contributed by atoms with Gasteiger partial charge in [-0.15, -0.1) is 0 Å². The number of piperidine rings is 1. The Morgan fingerprint density at radius 2 is 0.661 bits per heavy atom. The lowest BCUT2D eigenvalue weighted by atomic mass is 9.84. The number of anilines is 3. The number of Topliss-reactive ketones (excluding diaryl/α,β-unsaturated/α-hetero) is 1. The minimum atomic E-state index is -0.484. The summed E-state index contributed by atoms with van der Waals surface area (Å²) < 4.78 is 68.5. The number of likely N-dealkylation sites (tertiary alicyclic amines) is 1. The number of rotatable bonds is 14. The molecule has 3 saturated carbocycles. The molecule has 3 saturated heterocycles. The molecule has 6 N–H and O–H groups in total. The quantitative estimate of drug-likeness (QED) is 0.0913. The van der Waals surface area contributed by atoms with E-state index in [1.807, 2.05) is 78.9 Å². The number of nitrogens with two attached hydrogens (primary N) is 3. The van der Waals surface area contributed by atoms with Crippen LogP contribution in [0.3, 0.4) is 0 Å². The van der Waals surface area contributed by atoms with Gasteiger partial charge >= 0.3 is 0 Å². The number of hydrogen-bond donors (Lipinski definition) is 3. The van der Waals surface area contributed by atoms with Crippen molar-refractivity contribution < 1.29 is 32.2 Å². The molecule has 9 heterocycles. The lowest BCUT2D eigenvalue weighted by Gasteiger charge is -2.40. The fourth-order valence-electron chi connectivity index (χ4n) is 16.4. The van der Waals surface area contributed by atoms with Crippen molar-refractivity contribution in [2.24, 2.45) is 0 Å². The van der Waals surface area contributed by atoms with Gasteiger partial charge in [-0.05, 0) is 184 Å². The molecule has 18 rings (SSSR count). The third kappa shape index (κ3) is 17.7. The second-order valence-electron chi connectivity index (χ2n) is 30.2. The normalized spacial score (nSPS) is 19.8. The van der Waals surface area contributed by atoms with Crippen LogP contribution in [0.4, 0.5) is 30.6 Å².